The molecule has 0 atom stereocenters. The van der Waals surface area contributed by atoms with E-state index >= 15 is 0 Å². The first kappa shape index (κ1) is 17.5. The number of carbonyl (C=O) groups is 1. The van der Waals surface area contributed by atoms with Crippen molar-refractivity contribution >= 4 is 33.3 Å². The lowest BCUT2D eigenvalue weighted by Crippen LogP contribution is -2.35. The molecule has 1 spiro atoms. The second-order valence-electron chi connectivity index (χ2n) is 7.54. The van der Waals surface area contributed by atoms with Gasteiger partial charge in [-0.15, -0.1) is 0 Å². The summed E-state index contributed by atoms with van der Waals surface area (Å²) in [5.74, 6) is 1.07. The van der Waals surface area contributed by atoms with Crippen LogP contribution in [0.3, 0.4) is 0 Å². The Kier molecular flexibility index (Phi) is 4.47. The van der Waals surface area contributed by atoms with Gasteiger partial charge in [0, 0.05) is 29.3 Å². The van der Waals surface area contributed by atoms with E-state index in [2.05, 4.69) is 42.2 Å². The molecule has 1 saturated carbocycles. The maximum atomic E-state index is 12.9. The molecule has 2 heterocycles. The van der Waals surface area contributed by atoms with Crippen LogP contribution in [0.4, 0.5) is 11.5 Å². The van der Waals surface area contributed by atoms with Gasteiger partial charge in [-0.05, 0) is 63.1 Å². The summed E-state index contributed by atoms with van der Waals surface area (Å²) in [7, 11) is 0. The van der Waals surface area contributed by atoms with Gasteiger partial charge in [0.2, 0.25) is 0 Å². The van der Waals surface area contributed by atoms with Gasteiger partial charge in [-0.25, -0.2) is 9.97 Å². The topological polar surface area (TPSA) is 58.1 Å². The van der Waals surface area contributed by atoms with Crippen molar-refractivity contribution in [1.82, 2.24) is 9.97 Å². The van der Waals surface area contributed by atoms with Gasteiger partial charge in [0.15, 0.2) is 0 Å². The Labute approximate surface area is 162 Å². The summed E-state index contributed by atoms with van der Waals surface area (Å²) < 4.78 is 0.990. The van der Waals surface area contributed by atoms with E-state index in [1.165, 1.54) is 25.7 Å². The van der Waals surface area contributed by atoms with E-state index in [0.717, 1.165) is 28.9 Å². The third kappa shape index (κ3) is 3.61. The average Bonchev–Trinajstić information content (AvgIpc) is 3.33. The van der Waals surface area contributed by atoms with E-state index in [4.69, 9.17) is 0 Å². The maximum Gasteiger partial charge on any atom is 0.258 e. The first-order valence-electron chi connectivity index (χ1n) is 9.12. The number of aryl methyl sites for hydroxylation is 2. The van der Waals surface area contributed by atoms with Crippen LogP contribution in [0, 0.1) is 19.3 Å². The molecule has 0 bridgehead atoms. The SMILES string of the molecule is Cc1cc(NC(=O)c2ccc(Br)cc2N2CCC3(CC2)CC3)nc(C)n1. The number of nitrogens with zero attached hydrogens (tertiary/aromatic N) is 3. The second kappa shape index (κ2) is 6.65. The van der Waals surface area contributed by atoms with Gasteiger partial charge >= 0.3 is 0 Å². The van der Waals surface area contributed by atoms with Crippen LogP contribution in [-0.4, -0.2) is 29.0 Å². The first-order chi connectivity index (χ1) is 12.4. The summed E-state index contributed by atoms with van der Waals surface area (Å²) in [4.78, 5) is 23.9. The molecule has 26 heavy (non-hydrogen) atoms. The van der Waals surface area contributed by atoms with Crippen LogP contribution < -0.4 is 10.2 Å². The third-order valence-corrected chi connectivity index (χ3v) is 6.03. The molecule has 2 aromatic rings. The first-order valence-corrected chi connectivity index (χ1v) is 9.92. The molecule has 1 aliphatic heterocycles. The minimum absolute atomic E-state index is 0.128. The molecule has 6 heteroatoms. The zero-order valence-electron chi connectivity index (χ0n) is 15.2. The number of halogens is 1. The van der Waals surface area contributed by atoms with E-state index in [1.54, 1.807) is 6.07 Å². The fraction of sp³-hybridized carbons (Fsp3) is 0.450. The van der Waals surface area contributed by atoms with Gasteiger partial charge in [0.05, 0.1) is 11.3 Å². The van der Waals surface area contributed by atoms with E-state index in [-0.39, 0.29) is 5.91 Å². The normalized spacial score (nSPS) is 18.0. The highest BCUT2D eigenvalue weighted by Crippen LogP contribution is 2.54. The monoisotopic (exact) mass is 414 g/mol. The number of rotatable bonds is 3. The molecule has 0 radical (unpaired) electrons. The molecule has 1 amide bonds. The van der Waals surface area contributed by atoms with Crippen molar-refractivity contribution in [1.29, 1.82) is 0 Å². The number of amides is 1. The number of anilines is 2. The van der Waals surface area contributed by atoms with Crippen molar-refractivity contribution in [3.05, 3.63) is 45.8 Å². The summed E-state index contributed by atoms with van der Waals surface area (Å²) in [6.07, 6.45) is 5.20. The molecule has 4 rings (SSSR count). The summed E-state index contributed by atoms with van der Waals surface area (Å²) in [6, 6.07) is 7.65. The predicted molar refractivity (Wildman–Crippen MR) is 107 cm³/mol. The number of nitrogens with one attached hydrogen (secondary N) is 1. The van der Waals surface area contributed by atoms with Crippen molar-refractivity contribution < 1.29 is 4.79 Å². The largest absolute Gasteiger partial charge is 0.371 e. The quantitative estimate of drug-likeness (QED) is 0.803. The van der Waals surface area contributed by atoms with E-state index in [0.29, 0.717) is 22.6 Å². The summed E-state index contributed by atoms with van der Waals surface area (Å²) >= 11 is 3.55. The van der Waals surface area contributed by atoms with Gasteiger partial charge in [-0.1, -0.05) is 15.9 Å². The fourth-order valence-electron chi connectivity index (χ4n) is 3.82. The number of aromatic nitrogens is 2. The lowest BCUT2D eigenvalue weighted by Gasteiger charge is -2.35. The van der Waals surface area contributed by atoms with Crippen LogP contribution in [0.5, 0.6) is 0 Å². The van der Waals surface area contributed by atoms with Crippen LogP contribution >= 0.6 is 15.9 Å². The highest BCUT2D eigenvalue weighted by molar-refractivity contribution is 9.10. The third-order valence-electron chi connectivity index (χ3n) is 5.53. The molecule has 1 N–H and O–H groups in total. The lowest BCUT2D eigenvalue weighted by molar-refractivity contribution is 0.102. The van der Waals surface area contributed by atoms with Crippen LogP contribution in [0.25, 0.3) is 0 Å². The summed E-state index contributed by atoms with van der Waals surface area (Å²) in [5.41, 5.74) is 3.14. The minimum atomic E-state index is -0.128. The van der Waals surface area contributed by atoms with E-state index in [9.17, 15) is 4.79 Å². The summed E-state index contributed by atoms with van der Waals surface area (Å²) in [6.45, 7) is 5.76. The Bertz CT molecular complexity index is 833. The Balaban J connectivity index is 1.58. The highest BCUT2D eigenvalue weighted by atomic mass is 79.9. The maximum absolute atomic E-state index is 12.9. The highest BCUT2D eigenvalue weighted by Gasteiger charge is 2.44. The zero-order chi connectivity index (χ0) is 18.3. The van der Waals surface area contributed by atoms with Crippen LogP contribution in [0.2, 0.25) is 0 Å². The molecule has 2 aliphatic rings. The van der Waals surface area contributed by atoms with Crippen LogP contribution in [-0.2, 0) is 0 Å². The van der Waals surface area contributed by atoms with Gasteiger partial charge in [-0.2, -0.15) is 0 Å². The average molecular weight is 415 g/mol. The Hall–Kier alpha value is -1.95. The van der Waals surface area contributed by atoms with E-state index in [1.807, 2.05) is 26.0 Å². The molecule has 1 aromatic carbocycles. The predicted octanol–water partition coefficient (Wildman–Crippen LogP) is 4.49. The Morgan fingerprint density at radius 1 is 1.12 bits per heavy atom. The fourth-order valence-corrected chi connectivity index (χ4v) is 4.17. The molecule has 1 saturated heterocycles. The van der Waals surface area contributed by atoms with Gasteiger partial charge in [0.1, 0.15) is 11.6 Å². The van der Waals surface area contributed by atoms with Crippen LogP contribution in [0.15, 0.2) is 28.7 Å². The molecular formula is C20H23BrN4O. The molecule has 0 unspecified atom stereocenters. The number of hydrogen-bond acceptors (Lipinski definition) is 4. The number of hydrogen-bond donors (Lipinski definition) is 1. The second-order valence-corrected chi connectivity index (χ2v) is 8.46. The lowest BCUT2D eigenvalue weighted by atomic mass is 9.93. The molecule has 136 valence electrons. The van der Waals surface area contributed by atoms with Crippen molar-refractivity contribution in [3.63, 3.8) is 0 Å². The van der Waals surface area contributed by atoms with E-state index < -0.39 is 0 Å². The minimum Gasteiger partial charge on any atom is -0.371 e. The molecular weight excluding hydrogens is 392 g/mol. The number of piperidine rings is 1. The van der Waals surface area contributed by atoms with Crippen LogP contribution in [0.1, 0.15) is 47.6 Å². The molecule has 1 aliphatic carbocycles. The van der Waals surface area contributed by atoms with Gasteiger partial charge in [0.25, 0.3) is 5.91 Å². The standard InChI is InChI=1S/C20H23BrN4O/c1-13-11-18(23-14(2)22-13)24-19(26)16-4-3-15(21)12-17(16)25-9-7-20(5-6-20)8-10-25/h3-4,11-12H,5-10H2,1-2H3,(H,22,23,24,26). The number of carbonyl (C=O) groups excluding carboxylic acids is 1. The summed E-state index contributed by atoms with van der Waals surface area (Å²) in [5, 5.41) is 2.94. The Morgan fingerprint density at radius 2 is 1.85 bits per heavy atom. The number of benzene rings is 1. The van der Waals surface area contributed by atoms with Crippen molar-refractivity contribution in [3.8, 4) is 0 Å². The molecule has 1 aromatic heterocycles. The van der Waals surface area contributed by atoms with Crippen molar-refractivity contribution in [2.45, 2.75) is 39.5 Å². The van der Waals surface area contributed by atoms with Gasteiger partial charge in [-0.3, -0.25) is 4.79 Å². The van der Waals surface area contributed by atoms with Crippen molar-refractivity contribution in [2.24, 2.45) is 5.41 Å². The smallest absolute Gasteiger partial charge is 0.258 e. The van der Waals surface area contributed by atoms with Gasteiger partial charge < -0.3 is 10.2 Å². The Morgan fingerprint density at radius 3 is 2.50 bits per heavy atom. The van der Waals surface area contributed by atoms with Crippen molar-refractivity contribution in [2.75, 3.05) is 23.3 Å². The molecule has 2 fully saturated rings. The molecule has 5 nitrogen and oxygen atoms in total. The zero-order valence-corrected chi connectivity index (χ0v) is 16.8.